The second-order valence-electron chi connectivity index (χ2n) is 5.12. The number of aliphatic hydroxyl groups is 1. The van der Waals surface area contributed by atoms with Crippen LogP contribution >= 0.6 is 35.0 Å². The van der Waals surface area contributed by atoms with Gasteiger partial charge in [0.1, 0.15) is 0 Å². The fraction of sp³-hybridized carbons (Fsp3) is 0.235. The van der Waals surface area contributed by atoms with Gasteiger partial charge >= 0.3 is 0 Å². The highest BCUT2D eigenvalue weighted by Gasteiger charge is 2.07. The van der Waals surface area contributed by atoms with Crippen molar-refractivity contribution in [2.75, 3.05) is 6.54 Å². The first-order valence-electron chi connectivity index (χ1n) is 7.09. The number of rotatable bonds is 6. The van der Waals surface area contributed by atoms with Crippen LogP contribution in [0.2, 0.25) is 10.0 Å². The van der Waals surface area contributed by atoms with E-state index in [9.17, 15) is 9.90 Å². The summed E-state index contributed by atoms with van der Waals surface area (Å²) in [4.78, 5) is 12.8. The van der Waals surface area contributed by atoms with Crippen LogP contribution in [-0.4, -0.2) is 23.7 Å². The Morgan fingerprint density at radius 2 is 1.91 bits per heavy atom. The van der Waals surface area contributed by atoms with Crippen LogP contribution in [0.4, 0.5) is 0 Å². The first kappa shape index (κ1) is 18.1. The van der Waals surface area contributed by atoms with Crippen LogP contribution < -0.4 is 5.32 Å². The van der Waals surface area contributed by atoms with Crippen LogP contribution in [0, 0.1) is 0 Å². The summed E-state index contributed by atoms with van der Waals surface area (Å²) in [7, 11) is 0. The van der Waals surface area contributed by atoms with Gasteiger partial charge in [-0.05, 0) is 42.8 Å². The molecule has 0 fully saturated rings. The topological polar surface area (TPSA) is 49.3 Å². The molecular weight excluding hydrogens is 353 g/mol. The van der Waals surface area contributed by atoms with Crippen LogP contribution in [0.3, 0.4) is 0 Å². The Labute approximate surface area is 150 Å². The number of thioether (sulfide) groups is 1. The molecule has 2 aromatic carbocycles. The van der Waals surface area contributed by atoms with E-state index in [1.54, 1.807) is 43.0 Å². The number of benzene rings is 2. The summed E-state index contributed by atoms with van der Waals surface area (Å²) >= 11 is 13.7. The van der Waals surface area contributed by atoms with Gasteiger partial charge in [0.2, 0.25) is 0 Å². The Morgan fingerprint density at radius 1 is 1.22 bits per heavy atom. The number of carbonyl (C=O) groups excluding carboxylic acids is 1. The summed E-state index contributed by atoms with van der Waals surface area (Å²) in [5, 5.41) is 13.2. The maximum Gasteiger partial charge on any atom is 0.251 e. The monoisotopic (exact) mass is 369 g/mol. The van der Waals surface area contributed by atoms with Crippen molar-refractivity contribution in [2.45, 2.75) is 23.7 Å². The van der Waals surface area contributed by atoms with Crippen LogP contribution in [0.1, 0.15) is 22.8 Å². The molecular formula is C17H17Cl2NO2S. The molecule has 0 saturated heterocycles. The molecule has 0 radical (unpaired) electrons. The molecule has 23 heavy (non-hydrogen) atoms. The zero-order valence-electron chi connectivity index (χ0n) is 12.6. The normalized spacial score (nSPS) is 12.0. The SMILES string of the molecule is CC(O)CNC(=O)c1ccc(CSc2cc(Cl)ccc2Cl)cc1. The van der Waals surface area contributed by atoms with Gasteiger partial charge in [-0.1, -0.05) is 35.3 Å². The van der Waals surface area contributed by atoms with Crippen LogP contribution in [0.25, 0.3) is 0 Å². The number of hydrogen-bond donors (Lipinski definition) is 2. The number of carbonyl (C=O) groups is 1. The second kappa shape index (κ2) is 8.60. The molecule has 1 atom stereocenters. The van der Waals surface area contributed by atoms with Gasteiger partial charge in [0.15, 0.2) is 0 Å². The highest BCUT2D eigenvalue weighted by molar-refractivity contribution is 7.98. The molecule has 1 amide bonds. The van der Waals surface area contributed by atoms with Crippen molar-refractivity contribution in [2.24, 2.45) is 0 Å². The lowest BCUT2D eigenvalue weighted by atomic mass is 10.1. The lowest BCUT2D eigenvalue weighted by Gasteiger charge is -2.08. The minimum absolute atomic E-state index is 0.192. The fourth-order valence-corrected chi connectivity index (χ4v) is 3.29. The van der Waals surface area contributed by atoms with Crippen molar-refractivity contribution >= 4 is 40.9 Å². The van der Waals surface area contributed by atoms with Crippen molar-refractivity contribution in [3.8, 4) is 0 Å². The molecule has 0 aromatic heterocycles. The highest BCUT2D eigenvalue weighted by Crippen LogP contribution is 2.32. The van der Waals surface area contributed by atoms with Crippen LogP contribution in [-0.2, 0) is 5.75 Å². The molecule has 0 aliphatic carbocycles. The van der Waals surface area contributed by atoms with E-state index in [2.05, 4.69) is 5.32 Å². The molecule has 6 heteroatoms. The van der Waals surface area contributed by atoms with Crippen LogP contribution in [0.15, 0.2) is 47.4 Å². The average molecular weight is 370 g/mol. The lowest BCUT2D eigenvalue weighted by molar-refractivity contribution is 0.0924. The van der Waals surface area contributed by atoms with E-state index in [0.29, 0.717) is 15.6 Å². The van der Waals surface area contributed by atoms with Gasteiger partial charge in [0.05, 0.1) is 11.1 Å². The van der Waals surface area contributed by atoms with E-state index in [1.807, 2.05) is 18.2 Å². The second-order valence-corrected chi connectivity index (χ2v) is 6.98. The van der Waals surface area contributed by atoms with Gasteiger partial charge in [0.25, 0.3) is 5.91 Å². The van der Waals surface area contributed by atoms with E-state index < -0.39 is 6.10 Å². The Balaban J connectivity index is 1.95. The minimum atomic E-state index is -0.558. The zero-order chi connectivity index (χ0) is 16.8. The van der Waals surface area contributed by atoms with Gasteiger partial charge in [-0.15, -0.1) is 11.8 Å². The predicted molar refractivity (Wildman–Crippen MR) is 96.5 cm³/mol. The van der Waals surface area contributed by atoms with E-state index in [-0.39, 0.29) is 12.5 Å². The summed E-state index contributed by atoms with van der Waals surface area (Å²) in [6, 6.07) is 12.7. The van der Waals surface area contributed by atoms with Crippen molar-refractivity contribution in [1.29, 1.82) is 0 Å². The smallest absolute Gasteiger partial charge is 0.251 e. The molecule has 0 saturated carbocycles. The highest BCUT2D eigenvalue weighted by atomic mass is 35.5. The average Bonchev–Trinajstić information content (AvgIpc) is 2.54. The summed E-state index contributed by atoms with van der Waals surface area (Å²) < 4.78 is 0. The van der Waals surface area contributed by atoms with E-state index >= 15 is 0 Å². The largest absolute Gasteiger partial charge is 0.392 e. The molecule has 0 heterocycles. The van der Waals surface area contributed by atoms with Gasteiger partial charge in [-0.2, -0.15) is 0 Å². The Bertz CT molecular complexity index is 675. The van der Waals surface area contributed by atoms with Gasteiger partial charge in [-0.3, -0.25) is 4.79 Å². The summed E-state index contributed by atoms with van der Waals surface area (Å²) in [5.74, 6) is 0.540. The zero-order valence-corrected chi connectivity index (χ0v) is 14.9. The van der Waals surface area contributed by atoms with Crippen molar-refractivity contribution in [1.82, 2.24) is 5.32 Å². The van der Waals surface area contributed by atoms with Gasteiger partial charge in [0, 0.05) is 27.8 Å². The molecule has 2 rings (SSSR count). The van der Waals surface area contributed by atoms with Gasteiger partial charge < -0.3 is 10.4 Å². The molecule has 0 aliphatic heterocycles. The van der Waals surface area contributed by atoms with E-state index in [0.717, 1.165) is 16.2 Å². The first-order chi connectivity index (χ1) is 11.0. The summed E-state index contributed by atoms with van der Waals surface area (Å²) in [5.41, 5.74) is 1.65. The first-order valence-corrected chi connectivity index (χ1v) is 8.83. The fourth-order valence-electron chi connectivity index (χ4n) is 1.84. The van der Waals surface area contributed by atoms with Crippen molar-refractivity contribution < 1.29 is 9.90 Å². The molecule has 2 aromatic rings. The third kappa shape index (κ3) is 5.74. The number of aliphatic hydroxyl groups excluding tert-OH is 1. The standard InChI is InChI=1S/C17H17Cl2NO2S/c1-11(21)9-20-17(22)13-4-2-12(3-5-13)10-23-16-8-14(18)6-7-15(16)19/h2-8,11,21H,9-10H2,1H3,(H,20,22). The Morgan fingerprint density at radius 3 is 2.57 bits per heavy atom. The predicted octanol–water partition coefficient (Wildman–Crippen LogP) is 4.40. The molecule has 122 valence electrons. The molecule has 0 bridgehead atoms. The number of halogens is 2. The number of nitrogens with one attached hydrogen (secondary N) is 1. The van der Waals surface area contributed by atoms with Crippen molar-refractivity contribution in [3.05, 3.63) is 63.6 Å². The van der Waals surface area contributed by atoms with Crippen LogP contribution in [0.5, 0.6) is 0 Å². The maximum absolute atomic E-state index is 11.9. The molecule has 0 spiro atoms. The molecule has 1 unspecified atom stereocenters. The third-order valence-corrected chi connectivity index (χ3v) is 4.86. The summed E-state index contributed by atoms with van der Waals surface area (Å²) in [6.45, 7) is 1.87. The quantitative estimate of drug-likeness (QED) is 0.742. The molecule has 0 aliphatic rings. The van der Waals surface area contributed by atoms with E-state index in [1.165, 1.54) is 0 Å². The third-order valence-electron chi connectivity index (χ3n) is 3.06. The maximum atomic E-state index is 11.9. The Kier molecular flexibility index (Phi) is 6.78. The molecule has 2 N–H and O–H groups in total. The number of amides is 1. The van der Waals surface area contributed by atoms with E-state index in [4.69, 9.17) is 23.2 Å². The lowest BCUT2D eigenvalue weighted by Crippen LogP contribution is -2.30. The summed E-state index contributed by atoms with van der Waals surface area (Å²) in [6.07, 6.45) is -0.558. The Hall–Kier alpha value is -1.20. The minimum Gasteiger partial charge on any atom is -0.392 e. The number of hydrogen-bond acceptors (Lipinski definition) is 3. The molecule has 3 nitrogen and oxygen atoms in total. The van der Waals surface area contributed by atoms with Crippen molar-refractivity contribution in [3.63, 3.8) is 0 Å². The van der Waals surface area contributed by atoms with Gasteiger partial charge in [-0.25, -0.2) is 0 Å².